The number of rotatable bonds is 14. The van der Waals surface area contributed by atoms with Gasteiger partial charge < -0.3 is 5.11 Å². The zero-order valence-electron chi connectivity index (χ0n) is 13.4. The van der Waals surface area contributed by atoms with Crippen LogP contribution < -0.4 is 0 Å². The van der Waals surface area contributed by atoms with Crippen LogP contribution in [0, 0.1) is 0 Å². The number of unbranched alkanes of at least 4 members (excludes halogenated alkanes) is 6. The van der Waals surface area contributed by atoms with Crippen LogP contribution in [0.2, 0.25) is 0 Å². The number of hydrogen-bond acceptors (Lipinski definition) is 3. The van der Waals surface area contributed by atoms with Gasteiger partial charge in [-0.05, 0) is 31.4 Å². The first-order valence-electron chi connectivity index (χ1n) is 8.22. The van der Waals surface area contributed by atoms with E-state index in [4.69, 9.17) is 5.11 Å². The molecule has 0 aliphatic heterocycles. The minimum Gasteiger partial charge on any atom is -0.396 e. The van der Waals surface area contributed by atoms with Crippen LogP contribution in [0.4, 0.5) is 0 Å². The summed E-state index contributed by atoms with van der Waals surface area (Å²) in [6.07, 6.45) is 15.6. The van der Waals surface area contributed by atoms with Gasteiger partial charge in [-0.3, -0.25) is 9.59 Å². The molecule has 21 heavy (non-hydrogen) atoms. The third-order valence-corrected chi connectivity index (χ3v) is 3.28. The Hall–Kier alpha value is -1.22. The Balaban J connectivity index is 3.65. The fourth-order valence-corrected chi connectivity index (χ4v) is 1.98. The van der Waals surface area contributed by atoms with Gasteiger partial charge in [-0.2, -0.15) is 0 Å². The average molecular weight is 294 g/mol. The van der Waals surface area contributed by atoms with Crippen LogP contribution in [0.25, 0.3) is 0 Å². The summed E-state index contributed by atoms with van der Waals surface area (Å²) in [5.74, 6) is 0.228. The molecule has 1 N–H and O–H groups in total. The topological polar surface area (TPSA) is 54.4 Å². The largest absolute Gasteiger partial charge is 0.396 e. The van der Waals surface area contributed by atoms with Crippen LogP contribution in [-0.4, -0.2) is 23.3 Å². The molecule has 0 aliphatic rings. The fourth-order valence-electron chi connectivity index (χ4n) is 1.98. The number of ketones is 2. The average Bonchev–Trinajstić information content (AvgIpc) is 2.48. The summed E-state index contributed by atoms with van der Waals surface area (Å²) in [6, 6.07) is 0. The first-order chi connectivity index (χ1) is 10.2. The molecule has 0 unspecified atom stereocenters. The van der Waals surface area contributed by atoms with Crippen LogP contribution in [0.3, 0.4) is 0 Å². The highest BCUT2D eigenvalue weighted by molar-refractivity contribution is 5.91. The van der Waals surface area contributed by atoms with E-state index in [2.05, 4.69) is 6.92 Å². The second-order valence-corrected chi connectivity index (χ2v) is 5.35. The van der Waals surface area contributed by atoms with E-state index >= 15 is 0 Å². The summed E-state index contributed by atoms with van der Waals surface area (Å²) in [7, 11) is 0. The molecular weight excluding hydrogens is 264 g/mol. The van der Waals surface area contributed by atoms with Crippen molar-refractivity contribution in [1.82, 2.24) is 0 Å². The lowest BCUT2D eigenvalue weighted by molar-refractivity contribution is -0.115. The van der Waals surface area contributed by atoms with E-state index in [0.29, 0.717) is 12.8 Å². The van der Waals surface area contributed by atoms with E-state index in [1.165, 1.54) is 18.9 Å². The molecule has 0 bridgehead atoms. The number of aliphatic hydroxyl groups is 1. The molecule has 0 saturated carbocycles. The van der Waals surface area contributed by atoms with E-state index in [1.54, 1.807) is 18.2 Å². The van der Waals surface area contributed by atoms with Gasteiger partial charge in [-0.1, -0.05) is 51.2 Å². The Morgan fingerprint density at radius 2 is 1.24 bits per heavy atom. The van der Waals surface area contributed by atoms with E-state index in [9.17, 15) is 9.59 Å². The Labute approximate surface area is 129 Å². The lowest BCUT2D eigenvalue weighted by Crippen LogP contribution is -1.93. The quantitative estimate of drug-likeness (QED) is 0.297. The van der Waals surface area contributed by atoms with E-state index < -0.39 is 0 Å². The fraction of sp³-hybridized carbons (Fsp3) is 0.667. The molecule has 0 aliphatic carbocycles. The molecule has 120 valence electrons. The van der Waals surface area contributed by atoms with Gasteiger partial charge in [0.05, 0.1) is 0 Å². The maximum absolute atomic E-state index is 11.5. The molecule has 0 aromatic rings. The molecule has 0 saturated heterocycles. The van der Waals surface area contributed by atoms with Gasteiger partial charge in [-0.25, -0.2) is 0 Å². The van der Waals surface area contributed by atoms with Crippen molar-refractivity contribution in [1.29, 1.82) is 0 Å². The van der Waals surface area contributed by atoms with Crippen molar-refractivity contribution in [3.8, 4) is 0 Å². The van der Waals surface area contributed by atoms with Crippen LogP contribution in [0.1, 0.15) is 71.1 Å². The van der Waals surface area contributed by atoms with Gasteiger partial charge >= 0.3 is 0 Å². The third kappa shape index (κ3) is 15.0. The second kappa shape index (κ2) is 15.2. The lowest BCUT2D eigenvalue weighted by atomic mass is 10.1. The molecule has 0 spiro atoms. The minimum atomic E-state index is 0.0963. The molecule has 3 nitrogen and oxygen atoms in total. The summed E-state index contributed by atoms with van der Waals surface area (Å²) < 4.78 is 0. The Kier molecular flexibility index (Phi) is 14.3. The summed E-state index contributed by atoms with van der Waals surface area (Å²) in [5.41, 5.74) is 0. The summed E-state index contributed by atoms with van der Waals surface area (Å²) in [5, 5.41) is 8.63. The van der Waals surface area contributed by atoms with Crippen molar-refractivity contribution in [3.05, 3.63) is 24.3 Å². The first-order valence-corrected chi connectivity index (χ1v) is 8.22. The smallest absolute Gasteiger partial charge is 0.155 e. The molecule has 3 heteroatoms. The molecule has 0 atom stereocenters. The predicted octanol–water partition coefficient (Wildman–Crippen LogP) is 4.15. The van der Waals surface area contributed by atoms with E-state index in [0.717, 1.165) is 38.5 Å². The van der Waals surface area contributed by atoms with Crippen LogP contribution in [0.15, 0.2) is 24.3 Å². The first kappa shape index (κ1) is 19.8. The second-order valence-electron chi connectivity index (χ2n) is 5.35. The monoisotopic (exact) mass is 294 g/mol. The molecule has 0 fully saturated rings. The molecular formula is C18H30O3. The number of carbonyl (C=O) groups is 2. The van der Waals surface area contributed by atoms with Crippen LogP contribution in [-0.2, 0) is 9.59 Å². The van der Waals surface area contributed by atoms with E-state index in [1.807, 2.05) is 0 Å². The Morgan fingerprint density at radius 1 is 0.762 bits per heavy atom. The molecule has 0 aromatic carbocycles. The van der Waals surface area contributed by atoms with Gasteiger partial charge in [0.1, 0.15) is 0 Å². The molecule has 0 radical (unpaired) electrons. The maximum atomic E-state index is 11.5. The minimum absolute atomic E-state index is 0.0963. The highest BCUT2D eigenvalue weighted by Gasteiger charge is 1.97. The van der Waals surface area contributed by atoms with Gasteiger partial charge in [0.15, 0.2) is 11.6 Å². The van der Waals surface area contributed by atoms with E-state index in [-0.39, 0.29) is 18.2 Å². The molecule has 0 amide bonds. The Bertz CT molecular complexity index is 329. The van der Waals surface area contributed by atoms with Gasteiger partial charge in [0.25, 0.3) is 0 Å². The number of allylic oxidation sites excluding steroid dienone is 4. The summed E-state index contributed by atoms with van der Waals surface area (Å²) in [4.78, 5) is 23.0. The number of carbonyl (C=O) groups excluding carboxylic acids is 2. The Morgan fingerprint density at radius 3 is 1.71 bits per heavy atom. The number of hydrogen-bond donors (Lipinski definition) is 1. The van der Waals surface area contributed by atoms with Gasteiger partial charge in [0, 0.05) is 19.4 Å². The number of aliphatic hydroxyl groups excluding tert-OH is 1. The van der Waals surface area contributed by atoms with Crippen molar-refractivity contribution < 1.29 is 14.7 Å². The predicted molar refractivity (Wildman–Crippen MR) is 87.2 cm³/mol. The zero-order valence-corrected chi connectivity index (χ0v) is 13.4. The summed E-state index contributed by atoms with van der Waals surface area (Å²) >= 11 is 0. The van der Waals surface area contributed by atoms with Crippen molar-refractivity contribution in [2.75, 3.05) is 6.61 Å². The molecule has 0 heterocycles. The molecule has 0 rings (SSSR count). The van der Waals surface area contributed by atoms with Crippen LogP contribution >= 0.6 is 0 Å². The van der Waals surface area contributed by atoms with Gasteiger partial charge in [0.2, 0.25) is 0 Å². The van der Waals surface area contributed by atoms with Crippen molar-refractivity contribution >= 4 is 11.6 Å². The highest BCUT2D eigenvalue weighted by Crippen LogP contribution is 2.04. The highest BCUT2D eigenvalue weighted by atomic mass is 16.2. The maximum Gasteiger partial charge on any atom is 0.155 e. The summed E-state index contributed by atoms with van der Waals surface area (Å²) in [6.45, 7) is 2.38. The third-order valence-electron chi connectivity index (χ3n) is 3.28. The van der Waals surface area contributed by atoms with Crippen molar-refractivity contribution in [2.45, 2.75) is 71.1 Å². The van der Waals surface area contributed by atoms with Crippen molar-refractivity contribution in [3.63, 3.8) is 0 Å². The lowest BCUT2D eigenvalue weighted by Gasteiger charge is -1.96. The van der Waals surface area contributed by atoms with Crippen LogP contribution in [0.5, 0.6) is 0 Å². The SMILES string of the molecule is CCCCCCC(=O)/C=C/C=C/C(=O)CCCCCCO. The standard InChI is InChI=1S/C18H30O3/c1-2-3-4-7-12-17(20)14-9-10-15-18(21)13-8-5-6-11-16-19/h9-10,14-15,19H,2-8,11-13,16H2,1H3/b14-9+,15-10+. The van der Waals surface area contributed by atoms with Gasteiger partial charge in [-0.15, -0.1) is 0 Å². The normalized spacial score (nSPS) is 11.5. The van der Waals surface area contributed by atoms with Crippen molar-refractivity contribution in [2.24, 2.45) is 0 Å². The zero-order chi connectivity index (χ0) is 15.8. The molecule has 0 aromatic heterocycles.